The molecule has 3 heterocycles. The van der Waals surface area contributed by atoms with Crippen molar-refractivity contribution in [1.29, 1.82) is 0 Å². The average molecular weight is 497 g/mol. The van der Waals surface area contributed by atoms with Crippen LogP contribution < -0.4 is 15.1 Å². The van der Waals surface area contributed by atoms with E-state index in [-0.39, 0.29) is 29.3 Å². The Kier molecular flexibility index (Phi) is 6.55. The maximum atomic E-state index is 13.6. The number of carbonyl (C=O) groups excluding carboxylic acids is 2. The lowest BCUT2D eigenvalue weighted by Crippen LogP contribution is -2.56. The van der Waals surface area contributed by atoms with Gasteiger partial charge in [0.2, 0.25) is 21.8 Å². The molecule has 8 nitrogen and oxygen atoms in total. The maximum Gasteiger partial charge on any atom is 0.250 e. The van der Waals surface area contributed by atoms with Gasteiger partial charge in [0.05, 0.1) is 16.3 Å². The van der Waals surface area contributed by atoms with E-state index in [1.165, 1.54) is 9.21 Å². The second-order valence-electron chi connectivity index (χ2n) is 9.66. The molecule has 0 aromatic heterocycles. The van der Waals surface area contributed by atoms with E-state index in [1.54, 1.807) is 12.1 Å². The number of carbonyl (C=O) groups is 2. The first kappa shape index (κ1) is 23.8. The number of benzene rings is 2. The first-order valence-electron chi connectivity index (χ1n) is 12.4. The lowest BCUT2D eigenvalue weighted by atomic mass is 9.96. The molecule has 2 fully saturated rings. The van der Waals surface area contributed by atoms with E-state index in [1.807, 2.05) is 37.3 Å². The molecule has 2 saturated heterocycles. The molecule has 0 saturated carbocycles. The quantitative estimate of drug-likeness (QED) is 0.684. The van der Waals surface area contributed by atoms with E-state index in [0.29, 0.717) is 24.5 Å². The van der Waals surface area contributed by atoms with Gasteiger partial charge in [-0.2, -0.15) is 4.31 Å². The first-order valence-corrected chi connectivity index (χ1v) is 13.9. The zero-order chi connectivity index (χ0) is 24.6. The number of fused-ring (bicyclic) bond motifs is 3. The minimum atomic E-state index is -3.67. The molecule has 186 valence electrons. The number of sulfonamides is 1. The van der Waals surface area contributed by atoms with Gasteiger partial charge in [0.25, 0.3) is 0 Å². The molecule has 0 aliphatic carbocycles. The van der Waals surface area contributed by atoms with Crippen molar-refractivity contribution in [2.45, 2.75) is 56.4 Å². The summed E-state index contributed by atoms with van der Waals surface area (Å²) in [5, 5.41) is 2.88. The molecule has 2 amide bonds. The number of hydrogen-bond donors (Lipinski definition) is 1. The van der Waals surface area contributed by atoms with E-state index in [9.17, 15) is 18.0 Å². The van der Waals surface area contributed by atoms with E-state index < -0.39 is 10.0 Å². The van der Waals surface area contributed by atoms with Gasteiger partial charge in [-0.3, -0.25) is 14.5 Å². The van der Waals surface area contributed by atoms with E-state index >= 15 is 0 Å². The van der Waals surface area contributed by atoms with Crippen LogP contribution in [0.5, 0.6) is 0 Å². The second kappa shape index (κ2) is 9.62. The number of hydrogen-bond acceptors (Lipinski definition) is 5. The maximum absolute atomic E-state index is 13.6. The minimum absolute atomic E-state index is 0.149. The summed E-state index contributed by atoms with van der Waals surface area (Å²) in [5.74, 6) is -0.465. The van der Waals surface area contributed by atoms with Gasteiger partial charge in [-0.05, 0) is 74.9 Å². The standard InChI is InChI=1S/C26H32N4O4S/c1-19-8-7-9-20(16-19)27-25(31)18-30-24-17-21(35(33,34)28-13-4-2-5-14-28)11-12-22(24)29-15-6-3-10-23(29)26(30)32/h7-9,11-12,16-17,23H,2-6,10,13-15,18H2,1H3,(H,27,31)/t23-/m1/s1. The predicted molar refractivity (Wildman–Crippen MR) is 136 cm³/mol. The van der Waals surface area contributed by atoms with Crippen LogP contribution in [0.25, 0.3) is 0 Å². The van der Waals surface area contributed by atoms with Crippen LogP contribution in [-0.2, 0) is 19.6 Å². The van der Waals surface area contributed by atoms with Gasteiger partial charge in [0.15, 0.2) is 0 Å². The third-order valence-electron chi connectivity index (χ3n) is 7.16. The van der Waals surface area contributed by atoms with Gasteiger partial charge >= 0.3 is 0 Å². The fraction of sp³-hybridized carbons (Fsp3) is 0.462. The fourth-order valence-corrected chi connectivity index (χ4v) is 6.92. The van der Waals surface area contributed by atoms with E-state index in [2.05, 4.69) is 10.2 Å². The Morgan fingerprint density at radius 3 is 2.51 bits per heavy atom. The topological polar surface area (TPSA) is 90.0 Å². The summed E-state index contributed by atoms with van der Waals surface area (Å²) in [6, 6.07) is 12.2. The van der Waals surface area contributed by atoms with Crippen LogP contribution in [0.3, 0.4) is 0 Å². The molecular weight excluding hydrogens is 464 g/mol. The number of nitrogens with one attached hydrogen (secondary N) is 1. The predicted octanol–water partition coefficient (Wildman–Crippen LogP) is 3.51. The summed E-state index contributed by atoms with van der Waals surface area (Å²) in [6.45, 7) is 3.54. The lowest BCUT2D eigenvalue weighted by molar-refractivity contribution is -0.123. The van der Waals surface area contributed by atoms with Crippen molar-refractivity contribution >= 4 is 38.9 Å². The van der Waals surface area contributed by atoms with Crippen molar-refractivity contribution in [3.63, 3.8) is 0 Å². The zero-order valence-electron chi connectivity index (χ0n) is 20.1. The van der Waals surface area contributed by atoms with Crippen LogP contribution >= 0.6 is 0 Å². The smallest absolute Gasteiger partial charge is 0.250 e. The highest BCUT2D eigenvalue weighted by Crippen LogP contribution is 2.41. The van der Waals surface area contributed by atoms with Crippen molar-refractivity contribution in [3.8, 4) is 0 Å². The average Bonchev–Trinajstić information content (AvgIpc) is 2.87. The number of aryl methyl sites for hydroxylation is 1. The molecule has 2 aromatic carbocycles. The zero-order valence-corrected chi connectivity index (χ0v) is 20.9. The molecule has 1 atom stereocenters. The fourth-order valence-electron chi connectivity index (χ4n) is 5.38. The molecule has 3 aliphatic rings. The first-order chi connectivity index (χ1) is 16.8. The summed E-state index contributed by atoms with van der Waals surface area (Å²) < 4.78 is 28.3. The Morgan fingerprint density at radius 1 is 0.971 bits per heavy atom. The van der Waals surface area contributed by atoms with Gasteiger partial charge in [0, 0.05) is 25.3 Å². The molecule has 9 heteroatoms. The Balaban J connectivity index is 1.49. The Morgan fingerprint density at radius 2 is 1.74 bits per heavy atom. The Hall–Kier alpha value is -2.91. The number of piperidine rings is 2. The molecule has 0 unspecified atom stereocenters. The van der Waals surface area contributed by atoms with Crippen molar-refractivity contribution in [3.05, 3.63) is 48.0 Å². The third-order valence-corrected chi connectivity index (χ3v) is 9.05. The van der Waals surface area contributed by atoms with Crippen LogP contribution in [-0.4, -0.2) is 56.8 Å². The normalized spacial score (nSPS) is 20.8. The molecule has 0 spiro atoms. The van der Waals surface area contributed by atoms with Gasteiger partial charge in [0.1, 0.15) is 12.6 Å². The van der Waals surface area contributed by atoms with Crippen LogP contribution in [0.2, 0.25) is 0 Å². The Labute approximate surface area is 206 Å². The highest BCUT2D eigenvalue weighted by Gasteiger charge is 2.41. The van der Waals surface area contributed by atoms with Crippen LogP contribution in [0.1, 0.15) is 44.1 Å². The molecular formula is C26H32N4O4S. The third kappa shape index (κ3) is 4.67. The van der Waals surface area contributed by atoms with Crippen molar-refractivity contribution in [1.82, 2.24) is 4.31 Å². The van der Waals surface area contributed by atoms with Gasteiger partial charge in [-0.1, -0.05) is 18.6 Å². The van der Waals surface area contributed by atoms with Gasteiger partial charge in [-0.15, -0.1) is 0 Å². The van der Waals surface area contributed by atoms with Crippen molar-refractivity contribution in [2.24, 2.45) is 0 Å². The van der Waals surface area contributed by atoms with Crippen LogP contribution in [0, 0.1) is 6.92 Å². The SMILES string of the molecule is Cc1cccc(NC(=O)CN2C(=O)[C@H]3CCCCN3c3ccc(S(=O)(=O)N4CCCCC4)cc32)c1. The number of rotatable bonds is 5. The minimum Gasteiger partial charge on any atom is -0.358 e. The molecule has 5 rings (SSSR count). The molecule has 3 aliphatic heterocycles. The molecule has 0 bridgehead atoms. The van der Waals surface area contributed by atoms with Crippen molar-refractivity contribution in [2.75, 3.05) is 41.3 Å². The summed E-state index contributed by atoms with van der Waals surface area (Å²) >= 11 is 0. The van der Waals surface area contributed by atoms with Crippen molar-refractivity contribution < 1.29 is 18.0 Å². The van der Waals surface area contributed by atoms with E-state index in [0.717, 1.165) is 56.3 Å². The second-order valence-corrected chi connectivity index (χ2v) is 11.6. The number of nitrogens with zero attached hydrogens (tertiary/aromatic N) is 3. The van der Waals surface area contributed by atoms with Crippen LogP contribution in [0.15, 0.2) is 47.4 Å². The molecule has 0 radical (unpaired) electrons. The summed E-state index contributed by atoms with van der Waals surface area (Å²) in [5.41, 5.74) is 2.99. The number of anilines is 3. The molecule has 35 heavy (non-hydrogen) atoms. The Bertz CT molecular complexity index is 1240. The highest BCUT2D eigenvalue weighted by atomic mass is 32.2. The summed E-state index contributed by atoms with van der Waals surface area (Å²) in [6.07, 6.45) is 5.39. The summed E-state index contributed by atoms with van der Waals surface area (Å²) in [7, 11) is -3.67. The van der Waals surface area contributed by atoms with Crippen LogP contribution in [0.4, 0.5) is 17.1 Å². The summed E-state index contributed by atoms with van der Waals surface area (Å²) in [4.78, 5) is 30.3. The van der Waals surface area contributed by atoms with E-state index in [4.69, 9.17) is 0 Å². The molecule has 2 aromatic rings. The number of amides is 2. The van der Waals surface area contributed by atoms with Gasteiger partial charge in [-0.25, -0.2) is 8.42 Å². The largest absolute Gasteiger partial charge is 0.358 e. The van der Waals surface area contributed by atoms with Gasteiger partial charge < -0.3 is 10.2 Å². The lowest BCUT2D eigenvalue weighted by Gasteiger charge is -2.45. The monoisotopic (exact) mass is 496 g/mol. The highest BCUT2D eigenvalue weighted by molar-refractivity contribution is 7.89. The molecule has 1 N–H and O–H groups in total.